The van der Waals surface area contributed by atoms with Crippen LogP contribution in [0, 0.1) is 5.82 Å². The zero-order valence-electron chi connectivity index (χ0n) is 10.0. The van der Waals surface area contributed by atoms with Crippen molar-refractivity contribution in [2.45, 2.75) is 12.5 Å². The van der Waals surface area contributed by atoms with E-state index in [0.29, 0.717) is 12.0 Å². The SMILES string of the molecule is NNC(Cc1cc(Br)ccc1F)c1cccc(Br)c1. The van der Waals surface area contributed by atoms with Gasteiger partial charge < -0.3 is 0 Å². The van der Waals surface area contributed by atoms with Crippen LogP contribution < -0.4 is 11.3 Å². The summed E-state index contributed by atoms with van der Waals surface area (Å²) >= 11 is 6.77. The lowest BCUT2D eigenvalue weighted by atomic mass is 9.99. The number of halogens is 3. The molecule has 2 aromatic carbocycles. The number of hydrogen-bond acceptors (Lipinski definition) is 2. The minimum Gasteiger partial charge on any atom is -0.271 e. The summed E-state index contributed by atoms with van der Waals surface area (Å²) in [5, 5.41) is 0. The first-order chi connectivity index (χ1) is 9.10. The summed E-state index contributed by atoms with van der Waals surface area (Å²) < 4.78 is 15.6. The van der Waals surface area contributed by atoms with E-state index in [2.05, 4.69) is 37.3 Å². The molecule has 100 valence electrons. The normalized spacial score (nSPS) is 12.4. The second-order valence-electron chi connectivity index (χ2n) is 4.21. The van der Waals surface area contributed by atoms with Crippen LogP contribution in [-0.4, -0.2) is 0 Å². The summed E-state index contributed by atoms with van der Waals surface area (Å²) in [6, 6.07) is 12.6. The average Bonchev–Trinajstić information content (AvgIpc) is 2.39. The van der Waals surface area contributed by atoms with Crippen LogP contribution in [0.5, 0.6) is 0 Å². The monoisotopic (exact) mass is 386 g/mol. The second kappa shape index (κ2) is 6.61. The molecule has 0 bridgehead atoms. The number of benzene rings is 2. The van der Waals surface area contributed by atoms with E-state index in [4.69, 9.17) is 5.84 Å². The molecule has 2 rings (SSSR count). The largest absolute Gasteiger partial charge is 0.271 e. The molecular weight excluding hydrogens is 375 g/mol. The van der Waals surface area contributed by atoms with Gasteiger partial charge in [-0.3, -0.25) is 11.3 Å². The Morgan fingerprint density at radius 2 is 1.84 bits per heavy atom. The molecule has 0 aliphatic heterocycles. The molecule has 0 aliphatic rings. The van der Waals surface area contributed by atoms with Crippen molar-refractivity contribution in [3.8, 4) is 0 Å². The fourth-order valence-corrected chi connectivity index (χ4v) is 2.74. The van der Waals surface area contributed by atoms with Gasteiger partial charge >= 0.3 is 0 Å². The number of hydrazine groups is 1. The van der Waals surface area contributed by atoms with Crippen molar-refractivity contribution in [2.75, 3.05) is 0 Å². The second-order valence-corrected chi connectivity index (χ2v) is 6.05. The Morgan fingerprint density at radius 1 is 1.11 bits per heavy atom. The lowest BCUT2D eigenvalue weighted by Crippen LogP contribution is -2.29. The van der Waals surface area contributed by atoms with Crippen LogP contribution >= 0.6 is 31.9 Å². The zero-order chi connectivity index (χ0) is 13.8. The predicted molar refractivity (Wildman–Crippen MR) is 82.0 cm³/mol. The van der Waals surface area contributed by atoms with Gasteiger partial charge in [0.2, 0.25) is 0 Å². The van der Waals surface area contributed by atoms with Gasteiger partial charge in [0, 0.05) is 8.95 Å². The Hall–Kier alpha value is -0.750. The maximum Gasteiger partial charge on any atom is 0.126 e. The van der Waals surface area contributed by atoms with Crippen molar-refractivity contribution in [1.82, 2.24) is 5.43 Å². The molecule has 0 spiro atoms. The molecular formula is C14H13Br2FN2. The lowest BCUT2D eigenvalue weighted by Gasteiger charge is -2.17. The van der Waals surface area contributed by atoms with Crippen LogP contribution in [0.3, 0.4) is 0 Å². The Balaban J connectivity index is 2.26. The summed E-state index contributed by atoms with van der Waals surface area (Å²) in [4.78, 5) is 0. The average molecular weight is 388 g/mol. The van der Waals surface area contributed by atoms with Crippen molar-refractivity contribution in [1.29, 1.82) is 0 Å². The highest BCUT2D eigenvalue weighted by Crippen LogP contribution is 2.24. The summed E-state index contributed by atoms with van der Waals surface area (Å²) in [6.45, 7) is 0. The Bertz CT molecular complexity index is 575. The van der Waals surface area contributed by atoms with Crippen molar-refractivity contribution in [3.05, 3.63) is 68.4 Å². The topological polar surface area (TPSA) is 38.0 Å². The summed E-state index contributed by atoms with van der Waals surface area (Å²) in [5.41, 5.74) is 4.37. The maximum absolute atomic E-state index is 13.8. The van der Waals surface area contributed by atoms with E-state index in [1.54, 1.807) is 12.1 Å². The third-order valence-electron chi connectivity index (χ3n) is 2.88. The molecule has 0 radical (unpaired) electrons. The van der Waals surface area contributed by atoms with Crippen molar-refractivity contribution in [2.24, 2.45) is 5.84 Å². The van der Waals surface area contributed by atoms with Gasteiger partial charge in [-0.1, -0.05) is 44.0 Å². The van der Waals surface area contributed by atoms with Crippen LogP contribution in [-0.2, 0) is 6.42 Å². The van der Waals surface area contributed by atoms with Gasteiger partial charge in [0.1, 0.15) is 5.82 Å². The standard InChI is InChI=1S/C14H13Br2FN2/c15-11-3-1-2-9(6-11)14(19-18)8-10-7-12(16)4-5-13(10)17/h1-7,14,19H,8,18H2. The Morgan fingerprint density at radius 3 is 2.53 bits per heavy atom. The minimum absolute atomic E-state index is 0.138. The molecule has 1 unspecified atom stereocenters. The first-order valence-electron chi connectivity index (χ1n) is 5.75. The van der Waals surface area contributed by atoms with E-state index < -0.39 is 0 Å². The number of hydrogen-bond donors (Lipinski definition) is 2. The highest BCUT2D eigenvalue weighted by Gasteiger charge is 2.13. The van der Waals surface area contributed by atoms with Gasteiger partial charge in [-0.2, -0.15) is 0 Å². The Kier molecular flexibility index (Phi) is 5.10. The highest BCUT2D eigenvalue weighted by molar-refractivity contribution is 9.10. The molecule has 0 fully saturated rings. The van der Waals surface area contributed by atoms with E-state index in [1.807, 2.05) is 24.3 Å². The molecule has 3 N–H and O–H groups in total. The van der Waals surface area contributed by atoms with Gasteiger partial charge in [-0.15, -0.1) is 0 Å². The van der Waals surface area contributed by atoms with Crippen LogP contribution in [0.25, 0.3) is 0 Å². The van der Waals surface area contributed by atoms with Gasteiger partial charge in [0.15, 0.2) is 0 Å². The van der Waals surface area contributed by atoms with Gasteiger partial charge in [-0.05, 0) is 47.9 Å². The molecule has 0 heterocycles. The zero-order valence-corrected chi connectivity index (χ0v) is 13.2. The van der Waals surface area contributed by atoms with Crippen LogP contribution in [0.15, 0.2) is 51.4 Å². The number of nitrogens with two attached hydrogens (primary N) is 1. The highest BCUT2D eigenvalue weighted by atomic mass is 79.9. The fraction of sp³-hybridized carbons (Fsp3) is 0.143. The number of nitrogens with one attached hydrogen (secondary N) is 1. The smallest absolute Gasteiger partial charge is 0.126 e. The first-order valence-corrected chi connectivity index (χ1v) is 7.34. The number of rotatable bonds is 4. The summed E-state index contributed by atoms with van der Waals surface area (Å²) in [6.07, 6.45) is 0.484. The summed E-state index contributed by atoms with van der Waals surface area (Å²) in [7, 11) is 0. The van der Waals surface area contributed by atoms with Crippen LogP contribution in [0.2, 0.25) is 0 Å². The third-order valence-corrected chi connectivity index (χ3v) is 3.87. The van der Waals surface area contributed by atoms with Crippen molar-refractivity contribution < 1.29 is 4.39 Å². The molecule has 1 atom stereocenters. The van der Waals surface area contributed by atoms with Crippen molar-refractivity contribution in [3.63, 3.8) is 0 Å². The van der Waals surface area contributed by atoms with Gasteiger partial charge in [0.05, 0.1) is 6.04 Å². The fourth-order valence-electron chi connectivity index (χ4n) is 1.92. The minimum atomic E-state index is -0.224. The molecule has 0 saturated heterocycles. The molecule has 0 aliphatic carbocycles. The Labute approximate surface area is 128 Å². The van der Waals surface area contributed by atoms with E-state index in [9.17, 15) is 4.39 Å². The van der Waals surface area contributed by atoms with Gasteiger partial charge in [-0.25, -0.2) is 4.39 Å². The third kappa shape index (κ3) is 3.86. The van der Waals surface area contributed by atoms with Crippen LogP contribution in [0.4, 0.5) is 4.39 Å². The van der Waals surface area contributed by atoms with Crippen LogP contribution in [0.1, 0.15) is 17.2 Å². The lowest BCUT2D eigenvalue weighted by molar-refractivity contribution is 0.529. The quantitative estimate of drug-likeness (QED) is 0.612. The molecule has 0 saturated carbocycles. The maximum atomic E-state index is 13.8. The van der Waals surface area contributed by atoms with Crippen molar-refractivity contribution >= 4 is 31.9 Å². The summed E-state index contributed by atoms with van der Waals surface area (Å²) in [5.74, 6) is 5.37. The molecule has 0 aromatic heterocycles. The molecule has 5 heteroatoms. The molecule has 2 aromatic rings. The van der Waals surface area contributed by atoms with Gasteiger partial charge in [0.25, 0.3) is 0 Å². The molecule has 19 heavy (non-hydrogen) atoms. The predicted octanol–water partition coefficient (Wildman–Crippen LogP) is 4.10. The van der Waals surface area contributed by atoms with E-state index >= 15 is 0 Å². The van der Waals surface area contributed by atoms with E-state index in [0.717, 1.165) is 14.5 Å². The molecule has 0 amide bonds. The van der Waals surface area contributed by atoms with E-state index in [-0.39, 0.29) is 11.9 Å². The first kappa shape index (κ1) is 14.7. The van der Waals surface area contributed by atoms with E-state index in [1.165, 1.54) is 6.07 Å². The molecule has 2 nitrogen and oxygen atoms in total.